The predicted octanol–water partition coefficient (Wildman–Crippen LogP) is -0.0688. The molecule has 0 unspecified atom stereocenters. The number of esters is 1. The lowest BCUT2D eigenvalue weighted by Gasteiger charge is -2.49. The van der Waals surface area contributed by atoms with Crippen molar-refractivity contribution in [3.05, 3.63) is 41.5 Å². The van der Waals surface area contributed by atoms with E-state index in [1.165, 1.54) is 12.0 Å². The second-order valence-corrected chi connectivity index (χ2v) is 16.6. The number of amides is 2. The van der Waals surface area contributed by atoms with Crippen molar-refractivity contribution in [2.45, 2.75) is 164 Å². The van der Waals surface area contributed by atoms with Crippen LogP contribution in [0.25, 0.3) is 6.08 Å². The Morgan fingerprint density at radius 2 is 1.67 bits per heavy atom. The second-order valence-electron chi connectivity index (χ2n) is 16.6. The number of rotatable bonds is 21. The van der Waals surface area contributed by atoms with Crippen molar-refractivity contribution in [1.82, 2.24) is 15.7 Å². The molecule has 2 amide bonds. The van der Waals surface area contributed by atoms with Crippen molar-refractivity contribution in [3.8, 4) is 0 Å². The molecule has 18 heteroatoms. The van der Waals surface area contributed by atoms with Gasteiger partial charge in [0.1, 0.15) is 60.3 Å². The maximum Gasteiger partial charge on any atom is 0.327 e. The van der Waals surface area contributed by atoms with Gasteiger partial charge in [0.15, 0.2) is 18.1 Å². The number of aliphatic hydroxyl groups is 6. The van der Waals surface area contributed by atoms with Crippen LogP contribution in [0.5, 0.6) is 0 Å². The van der Waals surface area contributed by atoms with Crippen LogP contribution in [0.1, 0.15) is 89.7 Å². The largest absolute Gasteiger partial charge is 0.458 e. The van der Waals surface area contributed by atoms with Crippen LogP contribution in [0.2, 0.25) is 0 Å². The standard InChI is InChI=1S/C42H63N3O15/c1-4-6-8-16-41(17-9-7-5-2)58-33-27-21-42(40(54)44-29(24(3)48)37(52)43-18-19-46)35(38(53)56-27)45(60-36(42)34(33)59-41)22-26-14-12-25(13-15-26)11-10-20-55-39-32(51)31(50)30(49)28(23-47)57-39/h10-15,24,27-36,39,46-51H,4-9,16-23H2,1-3H3,(H,43,52)(H,44,54)/t24-,27+,28+,29+,30-,31-,32+,33-,34-,35+,36+,39-,42+/m0/s1. The maximum absolute atomic E-state index is 14.8. The molecule has 6 rings (SSSR count). The van der Waals surface area contributed by atoms with E-state index in [0.717, 1.165) is 49.7 Å². The highest BCUT2D eigenvalue weighted by atomic mass is 16.8. The average molecular weight is 850 g/mol. The van der Waals surface area contributed by atoms with Gasteiger partial charge in [-0.25, -0.2) is 0 Å². The Morgan fingerprint density at radius 3 is 2.30 bits per heavy atom. The minimum absolute atomic E-state index is 0.0200. The fourth-order valence-electron chi connectivity index (χ4n) is 9.12. The summed E-state index contributed by atoms with van der Waals surface area (Å²) in [6.45, 7) is 4.66. The van der Waals surface area contributed by atoms with Crippen LogP contribution in [0.4, 0.5) is 0 Å². The summed E-state index contributed by atoms with van der Waals surface area (Å²) in [5, 5.41) is 66.3. The third-order valence-electron chi connectivity index (χ3n) is 12.3. The Kier molecular flexibility index (Phi) is 15.8. The number of hydroxylamine groups is 2. The molecule has 13 atom stereocenters. The number of carbonyl (C=O) groups excluding carboxylic acids is 3. The van der Waals surface area contributed by atoms with Crippen molar-refractivity contribution in [3.63, 3.8) is 0 Å². The van der Waals surface area contributed by atoms with Gasteiger partial charge in [-0.15, -0.1) is 0 Å². The molecule has 0 spiro atoms. The zero-order chi connectivity index (χ0) is 43.2. The van der Waals surface area contributed by atoms with E-state index in [9.17, 15) is 45.0 Å². The average Bonchev–Trinajstić information content (AvgIpc) is 3.79. The van der Waals surface area contributed by atoms with E-state index in [1.807, 2.05) is 24.3 Å². The molecule has 4 aliphatic heterocycles. The number of ether oxygens (including phenoxy) is 5. The lowest BCUT2D eigenvalue weighted by Crippen LogP contribution is -2.71. The zero-order valence-electron chi connectivity index (χ0n) is 34.6. The molecule has 0 radical (unpaired) electrons. The van der Waals surface area contributed by atoms with E-state index >= 15 is 0 Å². The number of nitrogens with one attached hydrogen (secondary N) is 2. The van der Waals surface area contributed by atoms with Crippen LogP contribution >= 0.6 is 0 Å². The van der Waals surface area contributed by atoms with Gasteiger partial charge in [0, 0.05) is 25.8 Å². The summed E-state index contributed by atoms with van der Waals surface area (Å²) in [5.74, 6) is -3.02. The third-order valence-corrected chi connectivity index (χ3v) is 12.3. The highest BCUT2D eigenvalue weighted by molar-refractivity contribution is 5.96. The van der Waals surface area contributed by atoms with E-state index < -0.39 is 109 Å². The first kappa shape index (κ1) is 46.4. The number of benzene rings is 1. The minimum Gasteiger partial charge on any atom is -0.458 e. The topological polar surface area (TPSA) is 255 Å². The molecule has 5 aliphatic rings. The summed E-state index contributed by atoms with van der Waals surface area (Å²) >= 11 is 0. The summed E-state index contributed by atoms with van der Waals surface area (Å²) in [7, 11) is 0. The molecule has 0 aromatic heterocycles. The smallest absolute Gasteiger partial charge is 0.327 e. The van der Waals surface area contributed by atoms with Gasteiger partial charge in [-0.1, -0.05) is 75.9 Å². The number of unbranched alkanes of at least 4 members (excludes halogenated alkanes) is 4. The molecule has 4 heterocycles. The molecular weight excluding hydrogens is 786 g/mol. The molecular formula is C42H63N3O15. The van der Waals surface area contributed by atoms with E-state index in [0.29, 0.717) is 12.8 Å². The first-order chi connectivity index (χ1) is 28.8. The normalized spacial score (nSPS) is 34.2. The lowest BCUT2D eigenvalue weighted by atomic mass is 9.62. The molecule has 18 nitrogen and oxygen atoms in total. The van der Waals surface area contributed by atoms with Gasteiger partial charge in [0.05, 0.1) is 32.5 Å². The number of carbonyl (C=O) groups is 3. The zero-order valence-corrected chi connectivity index (χ0v) is 34.6. The molecule has 8 N–H and O–H groups in total. The van der Waals surface area contributed by atoms with Gasteiger partial charge in [0.2, 0.25) is 11.8 Å². The van der Waals surface area contributed by atoms with Crippen LogP contribution in [-0.2, 0) is 49.5 Å². The molecule has 1 aromatic carbocycles. The van der Waals surface area contributed by atoms with E-state index in [4.69, 9.17) is 28.5 Å². The van der Waals surface area contributed by atoms with Crippen LogP contribution in [-0.4, -0.2) is 159 Å². The Morgan fingerprint density at radius 1 is 0.983 bits per heavy atom. The first-order valence-corrected chi connectivity index (χ1v) is 21.4. The van der Waals surface area contributed by atoms with Crippen molar-refractivity contribution < 1.29 is 73.5 Å². The van der Waals surface area contributed by atoms with Crippen molar-refractivity contribution in [2.75, 3.05) is 26.4 Å². The molecule has 5 fully saturated rings. The second kappa shape index (κ2) is 20.4. The minimum atomic E-state index is -1.60. The predicted molar refractivity (Wildman–Crippen MR) is 211 cm³/mol. The van der Waals surface area contributed by atoms with Crippen LogP contribution in [0, 0.1) is 5.41 Å². The van der Waals surface area contributed by atoms with E-state index in [-0.39, 0.29) is 32.7 Å². The number of hydrogen-bond donors (Lipinski definition) is 8. The molecule has 1 saturated carbocycles. The maximum atomic E-state index is 14.8. The molecule has 4 saturated heterocycles. The van der Waals surface area contributed by atoms with Gasteiger partial charge in [-0.05, 0) is 30.9 Å². The number of fused-ring (bicyclic) bond motifs is 4. The van der Waals surface area contributed by atoms with Crippen molar-refractivity contribution in [2.24, 2.45) is 5.41 Å². The van der Waals surface area contributed by atoms with E-state index in [1.54, 1.807) is 12.2 Å². The number of hydrogen-bond acceptors (Lipinski definition) is 16. The Balaban J connectivity index is 1.23. The Labute approximate surface area is 350 Å². The lowest BCUT2D eigenvalue weighted by molar-refractivity contribution is -0.298. The fourth-order valence-corrected chi connectivity index (χ4v) is 9.12. The summed E-state index contributed by atoms with van der Waals surface area (Å²) < 4.78 is 30.8. The van der Waals surface area contributed by atoms with Crippen LogP contribution in [0.15, 0.2) is 30.3 Å². The summed E-state index contributed by atoms with van der Waals surface area (Å²) in [5.41, 5.74) is -0.0947. The fraction of sp³-hybridized carbons (Fsp3) is 0.738. The quantitative estimate of drug-likeness (QED) is 0.0595. The SMILES string of the molecule is CCCCCC1(CCCCC)O[C@@H]2[C@H](O1)[C@H]1ON(Cc3ccc(C=CCO[C@H]4O[C@H](CO)[C@H](O)[C@H](O)[C@H]4O)cc3)[C@@H]3C(=O)O[C@@H]2C[C@]13C(=O)N[C@@H](C(=O)NCCO)[C@H](C)O. The van der Waals surface area contributed by atoms with Gasteiger partial charge >= 0.3 is 5.97 Å². The summed E-state index contributed by atoms with van der Waals surface area (Å²) in [6, 6.07) is 4.66. The van der Waals surface area contributed by atoms with Crippen LogP contribution < -0.4 is 10.6 Å². The molecule has 60 heavy (non-hydrogen) atoms. The Hall–Kier alpha value is -3.11. The van der Waals surface area contributed by atoms with Crippen molar-refractivity contribution in [1.29, 1.82) is 0 Å². The van der Waals surface area contributed by atoms with Gasteiger partial charge in [0.25, 0.3) is 0 Å². The van der Waals surface area contributed by atoms with E-state index in [2.05, 4.69) is 24.5 Å². The molecule has 2 bridgehead atoms. The first-order valence-electron chi connectivity index (χ1n) is 21.4. The molecule has 1 aromatic rings. The summed E-state index contributed by atoms with van der Waals surface area (Å²) in [6.07, 6.45) is -1.24. The van der Waals surface area contributed by atoms with Gasteiger partial charge < -0.3 is 65.0 Å². The molecule has 336 valence electrons. The van der Waals surface area contributed by atoms with Gasteiger partial charge in [-0.3, -0.25) is 19.2 Å². The third kappa shape index (κ3) is 9.60. The number of aliphatic hydroxyl groups excluding tert-OH is 6. The van der Waals surface area contributed by atoms with Crippen LogP contribution in [0.3, 0.4) is 0 Å². The van der Waals surface area contributed by atoms with Gasteiger partial charge in [-0.2, -0.15) is 5.06 Å². The Bertz CT molecular complexity index is 1620. The summed E-state index contributed by atoms with van der Waals surface area (Å²) in [4.78, 5) is 48.8. The highest BCUT2D eigenvalue weighted by Gasteiger charge is 2.76. The van der Waals surface area contributed by atoms with Crippen molar-refractivity contribution >= 4 is 23.9 Å². The monoisotopic (exact) mass is 849 g/mol. The highest BCUT2D eigenvalue weighted by Crippen LogP contribution is 2.58. The number of nitrogens with zero attached hydrogens (tertiary/aromatic N) is 1. The molecule has 1 aliphatic carbocycles.